The van der Waals surface area contributed by atoms with Crippen LogP contribution in [0.15, 0.2) is 84.9 Å². The van der Waals surface area contributed by atoms with Gasteiger partial charge in [-0.3, -0.25) is 0 Å². The van der Waals surface area contributed by atoms with E-state index in [1.165, 1.54) is 12.1 Å². The Hall–Kier alpha value is -5.51. The largest absolute Gasteiger partial charge is 0.497 e. The second kappa shape index (κ2) is 11.3. The topological polar surface area (TPSA) is 93.1 Å². The van der Waals surface area contributed by atoms with E-state index < -0.39 is 0 Å². The molecule has 4 rings (SSSR count). The van der Waals surface area contributed by atoms with Gasteiger partial charge in [0.1, 0.15) is 11.5 Å². The lowest BCUT2D eigenvalue weighted by Crippen LogP contribution is -2.09. The Kier molecular flexibility index (Phi) is 7.50. The number of nitriles is 3. The second-order valence-electron chi connectivity index (χ2n) is 7.98. The SMILES string of the molecule is COc1ccc(N(c2ccc(/C=C\c3c(C#N)cc(C#N)cc3C#N)cc2)c2ccc(OC)cc2)cc1. The number of rotatable bonds is 7. The minimum atomic E-state index is 0.284. The van der Waals surface area contributed by atoms with Gasteiger partial charge in [0, 0.05) is 22.6 Å². The molecule has 0 aliphatic rings. The van der Waals surface area contributed by atoms with Crippen LogP contribution in [0.1, 0.15) is 27.8 Å². The van der Waals surface area contributed by atoms with E-state index in [-0.39, 0.29) is 16.7 Å². The van der Waals surface area contributed by atoms with Gasteiger partial charge < -0.3 is 14.4 Å². The average Bonchev–Trinajstić information content (AvgIpc) is 2.97. The van der Waals surface area contributed by atoms with Crippen molar-refractivity contribution in [1.29, 1.82) is 15.8 Å². The van der Waals surface area contributed by atoms with E-state index in [0.29, 0.717) is 5.56 Å². The maximum absolute atomic E-state index is 9.51. The molecule has 4 aromatic carbocycles. The summed E-state index contributed by atoms with van der Waals surface area (Å²) in [6.45, 7) is 0. The van der Waals surface area contributed by atoms with Crippen molar-refractivity contribution in [1.82, 2.24) is 0 Å². The van der Waals surface area contributed by atoms with Crippen LogP contribution in [0.5, 0.6) is 11.5 Å². The van der Waals surface area contributed by atoms with Crippen molar-refractivity contribution in [3.05, 3.63) is 113 Å². The van der Waals surface area contributed by atoms with E-state index in [0.717, 1.165) is 34.1 Å². The third kappa shape index (κ3) is 5.43. The summed E-state index contributed by atoms with van der Waals surface area (Å²) in [6, 6.07) is 32.7. The maximum atomic E-state index is 9.51. The zero-order chi connectivity index (χ0) is 26.2. The van der Waals surface area contributed by atoms with Crippen LogP contribution in [0, 0.1) is 34.0 Å². The molecule has 37 heavy (non-hydrogen) atoms. The fourth-order valence-electron chi connectivity index (χ4n) is 3.91. The van der Waals surface area contributed by atoms with Crippen LogP contribution >= 0.6 is 0 Å². The minimum Gasteiger partial charge on any atom is -0.497 e. The fraction of sp³-hybridized carbons (Fsp3) is 0.0645. The summed E-state index contributed by atoms with van der Waals surface area (Å²) in [5.74, 6) is 1.55. The number of ether oxygens (including phenoxy) is 2. The molecule has 0 aliphatic carbocycles. The normalized spacial score (nSPS) is 10.2. The standard InChI is InChI=1S/C31H22N4O2/c1-36-29-12-8-27(9-13-29)35(28-10-14-30(37-2)15-11-28)26-6-3-22(4-7-26)5-16-31-24(20-33)17-23(19-32)18-25(31)21-34/h3-18H,1-2H3/b16-5-. The summed E-state index contributed by atoms with van der Waals surface area (Å²) in [7, 11) is 3.28. The third-order valence-corrected chi connectivity index (χ3v) is 5.81. The van der Waals surface area contributed by atoms with E-state index in [1.54, 1.807) is 20.3 Å². The monoisotopic (exact) mass is 482 g/mol. The van der Waals surface area contributed by atoms with Gasteiger partial charge in [-0.2, -0.15) is 15.8 Å². The zero-order valence-corrected chi connectivity index (χ0v) is 20.3. The molecule has 0 heterocycles. The van der Waals surface area contributed by atoms with E-state index >= 15 is 0 Å². The highest BCUT2D eigenvalue weighted by Gasteiger charge is 2.13. The van der Waals surface area contributed by atoms with Crippen LogP contribution in [-0.2, 0) is 0 Å². The first-order chi connectivity index (χ1) is 18.1. The Morgan fingerprint density at radius 2 is 1.03 bits per heavy atom. The highest BCUT2D eigenvalue weighted by molar-refractivity contribution is 5.80. The summed E-state index contributed by atoms with van der Waals surface area (Å²) in [6.07, 6.45) is 3.58. The first-order valence-corrected chi connectivity index (χ1v) is 11.3. The summed E-state index contributed by atoms with van der Waals surface area (Å²) in [5, 5.41) is 28.2. The van der Waals surface area contributed by atoms with Gasteiger partial charge in [0.05, 0.1) is 49.1 Å². The van der Waals surface area contributed by atoms with Crippen LogP contribution in [-0.4, -0.2) is 14.2 Å². The van der Waals surface area contributed by atoms with Crippen LogP contribution in [0.3, 0.4) is 0 Å². The highest BCUT2D eigenvalue weighted by Crippen LogP contribution is 2.36. The lowest BCUT2D eigenvalue weighted by molar-refractivity contribution is 0.415. The molecule has 0 bridgehead atoms. The molecule has 0 spiro atoms. The Labute approximate surface area is 216 Å². The van der Waals surface area contributed by atoms with Gasteiger partial charge in [-0.25, -0.2) is 0 Å². The van der Waals surface area contributed by atoms with Crippen LogP contribution in [0.4, 0.5) is 17.1 Å². The number of anilines is 3. The molecular weight excluding hydrogens is 460 g/mol. The number of nitrogens with zero attached hydrogens (tertiary/aromatic N) is 4. The van der Waals surface area contributed by atoms with E-state index in [4.69, 9.17) is 14.7 Å². The number of benzene rings is 4. The minimum absolute atomic E-state index is 0.284. The molecule has 0 fully saturated rings. The highest BCUT2D eigenvalue weighted by atomic mass is 16.5. The van der Waals surface area contributed by atoms with Crippen LogP contribution in [0.2, 0.25) is 0 Å². The van der Waals surface area contributed by atoms with Gasteiger partial charge in [-0.05, 0) is 78.4 Å². The third-order valence-electron chi connectivity index (χ3n) is 5.81. The van der Waals surface area contributed by atoms with E-state index in [2.05, 4.69) is 17.0 Å². The lowest BCUT2D eigenvalue weighted by Gasteiger charge is -2.26. The molecule has 0 N–H and O–H groups in total. The molecular formula is C31H22N4O2. The Morgan fingerprint density at radius 3 is 1.41 bits per heavy atom. The fourth-order valence-corrected chi connectivity index (χ4v) is 3.91. The van der Waals surface area contributed by atoms with Gasteiger partial charge in [-0.15, -0.1) is 0 Å². The van der Waals surface area contributed by atoms with E-state index in [1.807, 2.05) is 84.9 Å². The van der Waals surface area contributed by atoms with Crippen molar-refractivity contribution >= 4 is 29.2 Å². The van der Waals surface area contributed by atoms with Crippen molar-refractivity contribution in [2.45, 2.75) is 0 Å². The Balaban J connectivity index is 1.69. The molecule has 0 atom stereocenters. The van der Waals surface area contributed by atoms with Crippen molar-refractivity contribution in [3.8, 4) is 29.7 Å². The van der Waals surface area contributed by atoms with E-state index in [9.17, 15) is 10.5 Å². The molecule has 4 aromatic rings. The molecule has 0 aliphatic heterocycles. The van der Waals surface area contributed by atoms with Crippen molar-refractivity contribution < 1.29 is 9.47 Å². The van der Waals surface area contributed by atoms with Gasteiger partial charge in [0.25, 0.3) is 0 Å². The molecule has 0 aromatic heterocycles. The number of hydrogen-bond donors (Lipinski definition) is 0. The zero-order valence-electron chi connectivity index (χ0n) is 20.3. The smallest absolute Gasteiger partial charge is 0.119 e. The van der Waals surface area contributed by atoms with Gasteiger partial charge in [0.2, 0.25) is 0 Å². The lowest BCUT2D eigenvalue weighted by atomic mass is 9.98. The summed E-state index contributed by atoms with van der Waals surface area (Å²) in [5.41, 5.74) is 5.11. The number of methoxy groups -OCH3 is 2. The van der Waals surface area contributed by atoms with Crippen molar-refractivity contribution in [2.75, 3.05) is 19.1 Å². The Bertz CT molecular complexity index is 1470. The molecule has 0 saturated carbocycles. The molecule has 0 unspecified atom stereocenters. The summed E-state index contributed by atoms with van der Waals surface area (Å²) < 4.78 is 10.6. The molecule has 0 saturated heterocycles. The molecule has 178 valence electrons. The number of hydrogen-bond acceptors (Lipinski definition) is 6. The predicted octanol–water partition coefficient (Wildman–Crippen LogP) is 6.96. The van der Waals surface area contributed by atoms with Gasteiger partial charge >= 0.3 is 0 Å². The maximum Gasteiger partial charge on any atom is 0.119 e. The van der Waals surface area contributed by atoms with Gasteiger partial charge in [-0.1, -0.05) is 24.3 Å². The second-order valence-corrected chi connectivity index (χ2v) is 7.98. The van der Waals surface area contributed by atoms with Gasteiger partial charge in [0.15, 0.2) is 0 Å². The van der Waals surface area contributed by atoms with Crippen molar-refractivity contribution in [3.63, 3.8) is 0 Å². The molecule has 0 radical (unpaired) electrons. The summed E-state index contributed by atoms with van der Waals surface area (Å²) >= 11 is 0. The molecule has 6 nitrogen and oxygen atoms in total. The quantitative estimate of drug-likeness (QED) is 0.264. The average molecular weight is 483 g/mol. The first kappa shape index (κ1) is 24.6. The van der Waals surface area contributed by atoms with Crippen LogP contribution in [0.25, 0.3) is 12.2 Å². The molecule has 0 amide bonds. The predicted molar refractivity (Wildman–Crippen MR) is 144 cm³/mol. The molecule has 6 heteroatoms. The summed E-state index contributed by atoms with van der Waals surface area (Å²) in [4.78, 5) is 2.12. The van der Waals surface area contributed by atoms with Crippen molar-refractivity contribution in [2.24, 2.45) is 0 Å². The van der Waals surface area contributed by atoms with Crippen LogP contribution < -0.4 is 14.4 Å². The first-order valence-electron chi connectivity index (χ1n) is 11.3. The Morgan fingerprint density at radius 1 is 0.595 bits per heavy atom.